The van der Waals surface area contributed by atoms with E-state index in [1.807, 2.05) is 43.6 Å². The highest BCUT2D eigenvalue weighted by atomic mass is 16.4. The number of aliphatic carboxylic acids is 1. The van der Waals surface area contributed by atoms with E-state index in [0.717, 1.165) is 23.2 Å². The molecule has 2 aromatic carbocycles. The molecule has 3 aromatic rings. The molecule has 0 aliphatic rings. The summed E-state index contributed by atoms with van der Waals surface area (Å²) in [6.07, 6.45) is 3.41. The quantitative estimate of drug-likeness (QED) is 0.585. The first kappa shape index (κ1) is 20.3. The lowest BCUT2D eigenvalue weighted by Gasteiger charge is -2.18. The molecular weight excluding hydrogens is 364 g/mol. The molecule has 148 valence electrons. The molecule has 0 radical (unpaired) electrons. The van der Waals surface area contributed by atoms with E-state index < -0.39 is 5.97 Å². The minimum absolute atomic E-state index is 0.0440. The molecule has 2 N–H and O–H groups in total. The number of hydrogen-bond acceptors (Lipinski definition) is 4. The molecule has 6 heteroatoms. The Hall–Kier alpha value is -3.43. The highest BCUT2D eigenvalue weighted by Crippen LogP contribution is 2.22. The maximum atomic E-state index is 11.1. The smallest absolute Gasteiger partial charge is 0.303 e. The second-order valence-corrected chi connectivity index (χ2v) is 7.07. The summed E-state index contributed by atoms with van der Waals surface area (Å²) in [5, 5.41) is 26.2. The van der Waals surface area contributed by atoms with Crippen molar-refractivity contribution in [1.82, 2.24) is 15.1 Å². The van der Waals surface area contributed by atoms with Gasteiger partial charge in [-0.1, -0.05) is 42.5 Å². The highest BCUT2D eigenvalue weighted by molar-refractivity contribution is 5.66. The van der Waals surface area contributed by atoms with Crippen LogP contribution in [0.1, 0.15) is 29.5 Å². The maximum Gasteiger partial charge on any atom is 0.303 e. The first-order valence-electron chi connectivity index (χ1n) is 9.57. The molecule has 1 unspecified atom stereocenters. The number of nitriles is 1. The lowest BCUT2D eigenvalue weighted by molar-refractivity contribution is -0.137. The molecule has 0 spiro atoms. The highest BCUT2D eigenvalue weighted by Gasteiger charge is 2.15. The van der Waals surface area contributed by atoms with Crippen LogP contribution in [0.5, 0.6) is 0 Å². The van der Waals surface area contributed by atoms with Gasteiger partial charge in [0.25, 0.3) is 0 Å². The van der Waals surface area contributed by atoms with Crippen molar-refractivity contribution in [2.75, 3.05) is 0 Å². The fraction of sp³-hybridized carbons (Fsp3) is 0.261. The van der Waals surface area contributed by atoms with Gasteiger partial charge in [-0.3, -0.25) is 9.48 Å². The molecule has 1 heterocycles. The fourth-order valence-corrected chi connectivity index (χ4v) is 3.34. The summed E-state index contributed by atoms with van der Waals surface area (Å²) in [6.45, 7) is 0.584. The molecular formula is C23H24N4O2. The van der Waals surface area contributed by atoms with Gasteiger partial charge in [0.05, 0.1) is 17.3 Å². The molecule has 0 aliphatic heterocycles. The molecule has 0 saturated heterocycles. The van der Waals surface area contributed by atoms with E-state index in [9.17, 15) is 4.79 Å². The number of aryl methyl sites for hydroxylation is 1. The third kappa shape index (κ3) is 5.77. The Morgan fingerprint density at radius 3 is 2.59 bits per heavy atom. The van der Waals surface area contributed by atoms with Crippen LogP contribution in [0, 0.1) is 11.3 Å². The van der Waals surface area contributed by atoms with Crippen molar-refractivity contribution in [1.29, 1.82) is 5.26 Å². The van der Waals surface area contributed by atoms with Gasteiger partial charge in [-0.25, -0.2) is 0 Å². The number of aromatic nitrogens is 2. The molecule has 29 heavy (non-hydrogen) atoms. The van der Waals surface area contributed by atoms with Crippen LogP contribution in [0.15, 0.2) is 60.8 Å². The fourth-order valence-electron chi connectivity index (χ4n) is 3.34. The molecule has 1 atom stereocenters. The second kappa shape index (κ2) is 9.67. The third-order valence-electron chi connectivity index (χ3n) is 4.80. The summed E-state index contributed by atoms with van der Waals surface area (Å²) in [5.74, 6) is -0.787. The van der Waals surface area contributed by atoms with Crippen LogP contribution in [0.4, 0.5) is 0 Å². The standard InChI is InChI=1S/C23H24N4O2/c1-27-16-20(23(26-27)19-9-7-18(14-24)8-10-19)15-25-21(11-12-22(28)29)13-17-5-3-2-4-6-17/h2-10,16,21,25H,11-13,15H2,1H3,(H,28,29). The average molecular weight is 388 g/mol. The van der Waals surface area contributed by atoms with Crippen molar-refractivity contribution in [3.63, 3.8) is 0 Å². The normalized spacial score (nSPS) is 11.7. The molecule has 0 bridgehead atoms. The van der Waals surface area contributed by atoms with Crippen LogP contribution in [-0.4, -0.2) is 26.9 Å². The van der Waals surface area contributed by atoms with Crippen molar-refractivity contribution < 1.29 is 9.90 Å². The van der Waals surface area contributed by atoms with Crippen LogP contribution >= 0.6 is 0 Å². The van der Waals surface area contributed by atoms with Gasteiger partial charge in [-0.05, 0) is 30.5 Å². The number of benzene rings is 2. The summed E-state index contributed by atoms with van der Waals surface area (Å²) in [6, 6.07) is 19.6. The van der Waals surface area contributed by atoms with Crippen LogP contribution in [-0.2, 0) is 24.8 Å². The zero-order chi connectivity index (χ0) is 20.6. The van der Waals surface area contributed by atoms with Crippen LogP contribution < -0.4 is 5.32 Å². The largest absolute Gasteiger partial charge is 0.481 e. The third-order valence-corrected chi connectivity index (χ3v) is 4.80. The number of carbonyl (C=O) groups is 1. The number of rotatable bonds is 9. The first-order valence-corrected chi connectivity index (χ1v) is 9.57. The van der Waals surface area contributed by atoms with Crippen LogP contribution in [0.3, 0.4) is 0 Å². The predicted molar refractivity (Wildman–Crippen MR) is 111 cm³/mol. The number of carboxylic acid groups (broad SMARTS) is 1. The van der Waals surface area contributed by atoms with Gasteiger partial charge in [0.2, 0.25) is 0 Å². The first-order chi connectivity index (χ1) is 14.0. The topological polar surface area (TPSA) is 90.9 Å². The lowest BCUT2D eigenvalue weighted by Crippen LogP contribution is -2.31. The van der Waals surface area contributed by atoms with Crippen molar-refractivity contribution >= 4 is 5.97 Å². The molecule has 6 nitrogen and oxygen atoms in total. The Morgan fingerprint density at radius 1 is 1.21 bits per heavy atom. The molecule has 0 amide bonds. The van der Waals surface area contributed by atoms with Gasteiger partial charge in [-0.2, -0.15) is 10.4 Å². The minimum Gasteiger partial charge on any atom is -0.481 e. The Morgan fingerprint density at radius 2 is 1.93 bits per heavy atom. The summed E-state index contributed by atoms with van der Waals surface area (Å²) >= 11 is 0. The van der Waals surface area contributed by atoms with E-state index in [2.05, 4.69) is 28.6 Å². The van der Waals surface area contributed by atoms with Crippen molar-refractivity contribution in [3.05, 3.63) is 77.5 Å². The summed E-state index contributed by atoms with van der Waals surface area (Å²) in [4.78, 5) is 11.1. The maximum absolute atomic E-state index is 11.1. The summed E-state index contributed by atoms with van der Waals surface area (Å²) in [5.41, 5.74) is 4.63. The van der Waals surface area contributed by atoms with Crippen molar-refractivity contribution in [3.8, 4) is 17.3 Å². The van der Waals surface area contributed by atoms with E-state index >= 15 is 0 Å². The summed E-state index contributed by atoms with van der Waals surface area (Å²) < 4.78 is 1.77. The molecule has 0 aliphatic carbocycles. The summed E-state index contributed by atoms with van der Waals surface area (Å²) in [7, 11) is 1.88. The number of nitrogens with one attached hydrogen (secondary N) is 1. The van der Waals surface area contributed by atoms with Gasteiger partial charge in [-0.15, -0.1) is 0 Å². The molecule has 3 rings (SSSR count). The lowest BCUT2D eigenvalue weighted by atomic mass is 10.0. The average Bonchev–Trinajstić information content (AvgIpc) is 3.11. The van der Waals surface area contributed by atoms with Gasteiger partial charge in [0, 0.05) is 43.4 Å². The van der Waals surface area contributed by atoms with Gasteiger partial charge < -0.3 is 10.4 Å². The zero-order valence-electron chi connectivity index (χ0n) is 16.4. The Labute approximate surface area is 170 Å². The van der Waals surface area contributed by atoms with Crippen molar-refractivity contribution in [2.45, 2.75) is 31.8 Å². The predicted octanol–water partition coefficient (Wildman–Crippen LogP) is 3.52. The van der Waals surface area contributed by atoms with Crippen LogP contribution in [0.25, 0.3) is 11.3 Å². The van der Waals surface area contributed by atoms with Gasteiger partial charge in [0.15, 0.2) is 0 Å². The van der Waals surface area contributed by atoms with E-state index in [1.54, 1.807) is 16.8 Å². The Balaban J connectivity index is 1.74. The Bertz CT molecular complexity index is 988. The zero-order valence-corrected chi connectivity index (χ0v) is 16.4. The number of nitrogens with zero attached hydrogens (tertiary/aromatic N) is 3. The van der Waals surface area contributed by atoms with Gasteiger partial charge >= 0.3 is 5.97 Å². The molecule has 0 saturated carbocycles. The van der Waals surface area contributed by atoms with Crippen LogP contribution in [0.2, 0.25) is 0 Å². The second-order valence-electron chi connectivity index (χ2n) is 7.07. The Kier molecular flexibility index (Phi) is 6.77. The number of hydrogen-bond donors (Lipinski definition) is 2. The number of carboxylic acids is 1. The van der Waals surface area contributed by atoms with Crippen molar-refractivity contribution in [2.24, 2.45) is 7.05 Å². The van der Waals surface area contributed by atoms with Gasteiger partial charge in [0.1, 0.15) is 0 Å². The molecule has 0 fully saturated rings. The molecule has 1 aromatic heterocycles. The van der Waals surface area contributed by atoms with E-state index in [0.29, 0.717) is 18.5 Å². The van der Waals surface area contributed by atoms with E-state index in [1.165, 1.54) is 5.56 Å². The van der Waals surface area contributed by atoms with E-state index in [-0.39, 0.29) is 12.5 Å². The van der Waals surface area contributed by atoms with E-state index in [4.69, 9.17) is 10.4 Å². The minimum atomic E-state index is -0.787. The monoisotopic (exact) mass is 388 g/mol. The SMILES string of the molecule is Cn1cc(CNC(CCC(=O)O)Cc2ccccc2)c(-c2ccc(C#N)cc2)n1.